The zero-order chi connectivity index (χ0) is 16.0. The molecule has 0 atom stereocenters. The van der Waals surface area contributed by atoms with Gasteiger partial charge >= 0.3 is 0 Å². The molecule has 0 radical (unpaired) electrons. The van der Waals surface area contributed by atoms with Crippen LogP contribution >= 0.6 is 0 Å². The molecule has 4 rings (SSSR count). The highest BCUT2D eigenvalue weighted by atomic mass is 15.4. The minimum atomic E-state index is 0.384. The highest BCUT2D eigenvalue weighted by Gasteiger charge is 2.32. The van der Waals surface area contributed by atoms with Gasteiger partial charge in [-0.3, -0.25) is 0 Å². The van der Waals surface area contributed by atoms with Gasteiger partial charge in [0.2, 0.25) is 5.95 Å². The molecular weight excluding hydrogens is 292 g/mol. The van der Waals surface area contributed by atoms with E-state index >= 15 is 0 Å². The van der Waals surface area contributed by atoms with E-state index in [-0.39, 0.29) is 0 Å². The first-order chi connectivity index (χ1) is 11.1. The second kappa shape index (κ2) is 5.15. The monoisotopic (exact) mass is 310 g/mol. The molecule has 0 amide bonds. The lowest BCUT2D eigenvalue weighted by Crippen LogP contribution is -2.59. The molecule has 118 valence electrons. The first-order valence-corrected chi connectivity index (χ1v) is 7.57. The van der Waals surface area contributed by atoms with Gasteiger partial charge in [-0.2, -0.15) is 4.52 Å². The van der Waals surface area contributed by atoms with Gasteiger partial charge in [0.05, 0.1) is 6.04 Å². The fourth-order valence-electron chi connectivity index (χ4n) is 2.80. The van der Waals surface area contributed by atoms with Crippen LogP contribution in [-0.2, 0) is 0 Å². The molecule has 23 heavy (non-hydrogen) atoms. The van der Waals surface area contributed by atoms with Crippen molar-refractivity contribution in [3.05, 3.63) is 35.9 Å². The molecule has 3 aromatic rings. The van der Waals surface area contributed by atoms with E-state index in [1.165, 1.54) is 0 Å². The topological polar surface area (TPSA) is 75.3 Å². The molecule has 1 fully saturated rings. The molecule has 4 heterocycles. The maximum absolute atomic E-state index is 4.53. The number of hydrogen-bond acceptors (Lipinski definition) is 7. The minimum absolute atomic E-state index is 0.384. The summed E-state index contributed by atoms with van der Waals surface area (Å²) in [6.07, 6.45) is 1.62. The van der Waals surface area contributed by atoms with Crippen LogP contribution < -0.4 is 9.80 Å². The van der Waals surface area contributed by atoms with E-state index in [2.05, 4.69) is 35.1 Å². The Balaban J connectivity index is 1.47. The fourth-order valence-corrected chi connectivity index (χ4v) is 2.80. The van der Waals surface area contributed by atoms with Gasteiger partial charge < -0.3 is 9.80 Å². The Kier molecular flexibility index (Phi) is 3.10. The first-order valence-electron chi connectivity index (χ1n) is 7.57. The zero-order valence-electron chi connectivity index (χ0n) is 13.4. The van der Waals surface area contributed by atoms with Gasteiger partial charge in [-0.25, -0.2) is 9.97 Å². The van der Waals surface area contributed by atoms with Crippen molar-refractivity contribution in [3.63, 3.8) is 0 Å². The lowest BCUT2D eigenvalue weighted by molar-refractivity contribution is 0.483. The first kappa shape index (κ1) is 13.9. The molecule has 0 unspecified atom stereocenters. The fraction of sp³-hybridized carbons (Fsp3) is 0.400. The summed E-state index contributed by atoms with van der Waals surface area (Å²) in [5.74, 6) is 1.72. The molecule has 0 aliphatic carbocycles. The summed E-state index contributed by atoms with van der Waals surface area (Å²) < 4.78 is 1.69. The van der Waals surface area contributed by atoms with Crippen LogP contribution in [0, 0.1) is 13.8 Å². The molecule has 3 aromatic heterocycles. The van der Waals surface area contributed by atoms with E-state index in [1.807, 2.05) is 39.1 Å². The quantitative estimate of drug-likeness (QED) is 0.710. The molecule has 0 spiro atoms. The summed E-state index contributed by atoms with van der Waals surface area (Å²) in [6.45, 7) is 5.79. The van der Waals surface area contributed by atoms with Gasteiger partial charge in [0.15, 0.2) is 5.65 Å². The summed E-state index contributed by atoms with van der Waals surface area (Å²) in [6, 6.07) is 6.28. The van der Waals surface area contributed by atoms with Crippen LogP contribution in [0.1, 0.15) is 11.4 Å². The van der Waals surface area contributed by atoms with Gasteiger partial charge in [-0.1, -0.05) is 0 Å². The second-order valence-corrected chi connectivity index (χ2v) is 5.95. The third kappa shape index (κ3) is 2.45. The Bertz CT molecular complexity index is 831. The van der Waals surface area contributed by atoms with Gasteiger partial charge in [-0.15, -0.1) is 15.3 Å². The van der Waals surface area contributed by atoms with E-state index in [0.29, 0.717) is 6.04 Å². The maximum Gasteiger partial charge on any atom is 0.225 e. The van der Waals surface area contributed by atoms with Crippen molar-refractivity contribution in [1.29, 1.82) is 0 Å². The van der Waals surface area contributed by atoms with Crippen molar-refractivity contribution in [2.45, 2.75) is 19.9 Å². The van der Waals surface area contributed by atoms with Crippen molar-refractivity contribution in [2.24, 2.45) is 0 Å². The number of fused-ring (bicyclic) bond motifs is 1. The Morgan fingerprint density at radius 1 is 1.13 bits per heavy atom. The Hall–Kier alpha value is -2.77. The third-order valence-electron chi connectivity index (χ3n) is 4.17. The summed E-state index contributed by atoms with van der Waals surface area (Å²) >= 11 is 0. The van der Waals surface area contributed by atoms with Gasteiger partial charge in [0, 0.05) is 31.5 Å². The molecule has 1 aliphatic heterocycles. The van der Waals surface area contributed by atoms with Gasteiger partial charge in [0.25, 0.3) is 0 Å². The minimum Gasteiger partial charge on any atom is -0.351 e. The lowest BCUT2D eigenvalue weighted by atomic mass is 10.1. The molecule has 8 nitrogen and oxygen atoms in total. The third-order valence-corrected chi connectivity index (χ3v) is 4.17. The molecular formula is C15H18N8. The molecule has 1 aliphatic rings. The summed E-state index contributed by atoms with van der Waals surface area (Å²) in [7, 11) is 2.05. The van der Waals surface area contributed by atoms with Gasteiger partial charge in [-0.05, 0) is 32.0 Å². The van der Waals surface area contributed by atoms with E-state index < -0.39 is 0 Å². The standard InChI is InChI=1S/C15H18N8/c1-10-6-11(2)18-15(17-10)21(3)12-7-22(8-12)14-5-4-13-19-16-9-23(13)20-14/h4-6,9,12H,7-8H2,1-3H3. The lowest BCUT2D eigenvalue weighted by Gasteiger charge is -2.44. The maximum atomic E-state index is 4.53. The molecule has 1 saturated heterocycles. The predicted octanol–water partition coefficient (Wildman–Crippen LogP) is 0.856. The number of aryl methyl sites for hydroxylation is 2. The number of aromatic nitrogens is 6. The van der Waals surface area contributed by atoms with Crippen molar-refractivity contribution in [2.75, 3.05) is 29.9 Å². The van der Waals surface area contributed by atoms with Crippen molar-refractivity contribution in [1.82, 2.24) is 29.8 Å². The van der Waals surface area contributed by atoms with Crippen LogP contribution in [0.5, 0.6) is 0 Å². The SMILES string of the molecule is Cc1cc(C)nc(N(C)C2CN(c3ccc4nncn4n3)C2)n1. The van der Waals surface area contributed by atoms with Crippen molar-refractivity contribution in [3.8, 4) is 0 Å². The number of anilines is 2. The van der Waals surface area contributed by atoms with E-state index in [0.717, 1.165) is 41.9 Å². The average Bonchev–Trinajstić information content (AvgIpc) is 2.92. The molecule has 0 saturated carbocycles. The largest absolute Gasteiger partial charge is 0.351 e. The van der Waals surface area contributed by atoms with Gasteiger partial charge in [0.1, 0.15) is 12.1 Å². The highest BCUT2D eigenvalue weighted by Crippen LogP contribution is 2.23. The molecule has 0 N–H and O–H groups in total. The smallest absolute Gasteiger partial charge is 0.225 e. The molecule has 0 aromatic carbocycles. The van der Waals surface area contributed by atoms with Crippen LogP contribution in [0.15, 0.2) is 24.5 Å². The Morgan fingerprint density at radius 2 is 1.87 bits per heavy atom. The summed E-state index contributed by atoms with van der Waals surface area (Å²) in [4.78, 5) is 13.4. The number of hydrogen-bond donors (Lipinski definition) is 0. The van der Waals surface area contributed by atoms with Crippen LogP contribution in [0.25, 0.3) is 5.65 Å². The van der Waals surface area contributed by atoms with Crippen LogP contribution in [-0.4, -0.2) is 56.0 Å². The average molecular weight is 310 g/mol. The molecule has 8 heteroatoms. The van der Waals surface area contributed by atoms with Crippen molar-refractivity contribution >= 4 is 17.4 Å². The normalized spacial score (nSPS) is 15.0. The summed E-state index contributed by atoms with van der Waals surface area (Å²) in [5.41, 5.74) is 2.75. The van der Waals surface area contributed by atoms with Crippen LogP contribution in [0.4, 0.5) is 11.8 Å². The Morgan fingerprint density at radius 3 is 2.61 bits per heavy atom. The highest BCUT2D eigenvalue weighted by molar-refractivity contribution is 5.49. The van der Waals surface area contributed by atoms with E-state index in [4.69, 9.17) is 0 Å². The van der Waals surface area contributed by atoms with Crippen LogP contribution in [0.3, 0.4) is 0 Å². The number of rotatable bonds is 3. The van der Waals surface area contributed by atoms with E-state index in [9.17, 15) is 0 Å². The molecule has 0 bridgehead atoms. The van der Waals surface area contributed by atoms with Crippen molar-refractivity contribution < 1.29 is 0 Å². The summed E-state index contributed by atoms with van der Waals surface area (Å²) in [5, 5.41) is 12.3. The zero-order valence-corrected chi connectivity index (χ0v) is 13.4. The number of nitrogens with zero attached hydrogens (tertiary/aromatic N) is 8. The predicted molar refractivity (Wildman–Crippen MR) is 86.7 cm³/mol. The van der Waals surface area contributed by atoms with Crippen LogP contribution in [0.2, 0.25) is 0 Å². The second-order valence-electron chi connectivity index (χ2n) is 5.95. The Labute approximate surface area is 133 Å². The number of likely N-dealkylation sites (N-methyl/N-ethyl adjacent to an activating group) is 1. The van der Waals surface area contributed by atoms with E-state index in [1.54, 1.807) is 10.8 Å².